The zero-order valence-electron chi connectivity index (χ0n) is 12.2. The number of rotatable bonds is 5. The molecule has 1 aromatic heterocycles. The van der Waals surface area contributed by atoms with Gasteiger partial charge in [0.15, 0.2) is 0 Å². The first-order valence-corrected chi connectivity index (χ1v) is 7.85. The Morgan fingerprint density at radius 3 is 2.58 bits per heavy atom. The SMILES string of the molecule is Cc1ccc(C(C)NC(C)Cc2ccsc2)c(C)c1. The van der Waals surface area contributed by atoms with E-state index in [1.54, 1.807) is 11.3 Å². The summed E-state index contributed by atoms with van der Waals surface area (Å²) in [6.07, 6.45) is 1.10. The van der Waals surface area contributed by atoms with Crippen LogP contribution in [0, 0.1) is 13.8 Å². The smallest absolute Gasteiger partial charge is 0.0296 e. The Kier molecular flexibility index (Phi) is 4.78. The lowest BCUT2D eigenvalue weighted by molar-refractivity contribution is 0.476. The van der Waals surface area contributed by atoms with E-state index in [2.05, 4.69) is 68.0 Å². The summed E-state index contributed by atoms with van der Waals surface area (Å²) in [5.41, 5.74) is 5.54. The van der Waals surface area contributed by atoms with Crippen LogP contribution < -0.4 is 5.32 Å². The number of hydrogen-bond acceptors (Lipinski definition) is 2. The normalized spacial score (nSPS) is 14.3. The minimum Gasteiger partial charge on any atom is -0.307 e. The highest BCUT2D eigenvalue weighted by Crippen LogP contribution is 2.19. The van der Waals surface area contributed by atoms with E-state index in [4.69, 9.17) is 0 Å². The van der Waals surface area contributed by atoms with Crippen LogP contribution in [0.1, 0.15) is 42.1 Å². The monoisotopic (exact) mass is 273 g/mol. The van der Waals surface area contributed by atoms with Gasteiger partial charge in [-0.05, 0) is 67.6 Å². The predicted molar refractivity (Wildman–Crippen MR) is 85.0 cm³/mol. The average molecular weight is 273 g/mol. The lowest BCUT2D eigenvalue weighted by atomic mass is 9.99. The van der Waals surface area contributed by atoms with E-state index in [0.29, 0.717) is 12.1 Å². The van der Waals surface area contributed by atoms with Crippen LogP contribution in [0.25, 0.3) is 0 Å². The number of hydrogen-bond donors (Lipinski definition) is 1. The Morgan fingerprint density at radius 1 is 1.16 bits per heavy atom. The van der Waals surface area contributed by atoms with Crippen LogP contribution in [0.15, 0.2) is 35.0 Å². The molecule has 102 valence electrons. The van der Waals surface area contributed by atoms with Crippen molar-refractivity contribution in [3.8, 4) is 0 Å². The molecular weight excluding hydrogens is 250 g/mol. The van der Waals surface area contributed by atoms with Crippen molar-refractivity contribution in [2.75, 3.05) is 0 Å². The molecule has 0 amide bonds. The standard InChI is InChI=1S/C17H23NS/c1-12-5-6-17(13(2)9-12)15(4)18-14(3)10-16-7-8-19-11-16/h5-9,11,14-15,18H,10H2,1-4H3. The third-order valence-corrected chi connectivity index (χ3v) is 4.28. The average Bonchev–Trinajstić information content (AvgIpc) is 2.81. The Labute approximate surface area is 120 Å². The molecular formula is C17H23NS. The van der Waals surface area contributed by atoms with Crippen molar-refractivity contribution in [1.82, 2.24) is 5.32 Å². The van der Waals surface area contributed by atoms with Crippen LogP contribution in [0.3, 0.4) is 0 Å². The van der Waals surface area contributed by atoms with E-state index >= 15 is 0 Å². The maximum atomic E-state index is 3.70. The molecule has 1 heterocycles. The van der Waals surface area contributed by atoms with Gasteiger partial charge in [-0.25, -0.2) is 0 Å². The first kappa shape index (κ1) is 14.3. The van der Waals surface area contributed by atoms with E-state index < -0.39 is 0 Å². The molecule has 0 aliphatic heterocycles. The lowest BCUT2D eigenvalue weighted by Crippen LogP contribution is -2.31. The summed E-state index contributed by atoms with van der Waals surface area (Å²) in [4.78, 5) is 0. The van der Waals surface area contributed by atoms with Gasteiger partial charge in [0.05, 0.1) is 0 Å². The maximum Gasteiger partial charge on any atom is 0.0296 e. The van der Waals surface area contributed by atoms with Gasteiger partial charge >= 0.3 is 0 Å². The van der Waals surface area contributed by atoms with Crippen LogP contribution in [-0.2, 0) is 6.42 Å². The molecule has 2 aromatic rings. The molecule has 19 heavy (non-hydrogen) atoms. The van der Waals surface area contributed by atoms with E-state index in [1.165, 1.54) is 22.3 Å². The second-order valence-corrected chi connectivity index (χ2v) is 6.27. The van der Waals surface area contributed by atoms with Crippen molar-refractivity contribution in [1.29, 1.82) is 0 Å². The predicted octanol–water partition coefficient (Wildman–Crippen LogP) is 4.65. The van der Waals surface area contributed by atoms with Gasteiger partial charge in [-0.1, -0.05) is 23.8 Å². The van der Waals surface area contributed by atoms with E-state index in [9.17, 15) is 0 Å². The van der Waals surface area contributed by atoms with Crippen molar-refractivity contribution in [3.63, 3.8) is 0 Å². The molecule has 0 fully saturated rings. The number of nitrogens with one attached hydrogen (secondary N) is 1. The van der Waals surface area contributed by atoms with Gasteiger partial charge in [-0.15, -0.1) is 0 Å². The van der Waals surface area contributed by atoms with Crippen molar-refractivity contribution in [2.45, 2.75) is 46.2 Å². The van der Waals surface area contributed by atoms with Gasteiger partial charge in [0, 0.05) is 12.1 Å². The van der Waals surface area contributed by atoms with Crippen molar-refractivity contribution in [2.24, 2.45) is 0 Å². The summed E-state index contributed by atoms with van der Waals surface area (Å²) in [5.74, 6) is 0. The highest BCUT2D eigenvalue weighted by Gasteiger charge is 2.12. The summed E-state index contributed by atoms with van der Waals surface area (Å²) in [6.45, 7) is 8.86. The molecule has 0 aliphatic carbocycles. The Balaban J connectivity index is 1.98. The van der Waals surface area contributed by atoms with Gasteiger partial charge < -0.3 is 5.32 Å². The Morgan fingerprint density at radius 2 is 1.95 bits per heavy atom. The van der Waals surface area contributed by atoms with Gasteiger partial charge in [0.25, 0.3) is 0 Å². The van der Waals surface area contributed by atoms with Gasteiger partial charge in [0.1, 0.15) is 0 Å². The molecule has 2 atom stereocenters. The fraction of sp³-hybridized carbons (Fsp3) is 0.412. The second-order valence-electron chi connectivity index (χ2n) is 5.49. The Bertz CT molecular complexity index is 516. The van der Waals surface area contributed by atoms with E-state index in [1.807, 2.05) is 0 Å². The Hall–Kier alpha value is -1.12. The van der Waals surface area contributed by atoms with Gasteiger partial charge in [0.2, 0.25) is 0 Å². The van der Waals surface area contributed by atoms with Crippen molar-refractivity contribution < 1.29 is 0 Å². The fourth-order valence-corrected chi connectivity index (χ4v) is 3.33. The summed E-state index contributed by atoms with van der Waals surface area (Å²) < 4.78 is 0. The summed E-state index contributed by atoms with van der Waals surface area (Å²) in [7, 11) is 0. The molecule has 0 bridgehead atoms. The minimum absolute atomic E-state index is 0.397. The molecule has 1 nitrogen and oxygen atoms in total. The highest BCUT2D eigenvalue weighted by molar-refractivity contribution is 7.07. The van der Waals surface area contributed by atoms with Crippen LogP contribution in [0.4, 0.5) is 0 Å². The van der Waals surface area contributed by atoms with Gasteiger partial charge in [-0.2, -0.15) is 11.3 Å². The second kappa shape index (κ2) is 6.36. The first-order chi connectivity index (χ1) is 9.06. The van der Waals surface area contributed by atoms with Crippen LogP contribution in [0.5, 0.6) is 0 Å². The molecule has 2 unspecified atom stereocenters. The zero-order valence-corrected chi connectivity index (χ0v) is 13.1. The summed E-state index contributed by atoms with van der Waals surface area (Å²) in [6, 6.07) is 9.81. The number of benzene rings is 1. The fourth-order valence-electron chi connectivity index (χ4n) is 2.65. The quantitative estimate of drug-likeness (QED) is 0.836. The summed E-state index contributed by atoms with van der Waals surface area (Å²) in [5, 5.41) is 8.08. The zero-order chi connectivity index (χ0) is 13.8. The first-order valence-electron chi connectivity index (χ1n) is 6.90. The van der Waals surface area contributed by atoms with Crippen LogP contribution in [0.2, 0.25) is 0 Å². The maximum absolute atomic E-state index is 3.70. The third kappa shape index (κ3) is 3.92. The van der Waals surface area contributed by atoms with Gasteiger partial charge in [-0.3, -0.25) is 0 Å². The minimum atomic E-state index is 0.397. The molecule has 0 saturated heterocycles. The molecule has 1 N–H and O–H groups in total. The van der Waals surface area contributed by atoms with Crippen LogP contribution >= 0.6 is 11.3 Å². The molecule has 0 spiro atoms. The number of aryl methyl sites for hydroxylation is 2. The van der Waals surface area contributed by atoms with E-state index in [-0.39, 0.29) is 0 Å². The molecule has 2 heteroatoms. The highest BCUT2D eigenvalue weighted by atomic mass is 32.1. The topological polar surface area (TPSA) is 12.0 Å². The molecule has 0 aliphatic rings. The molecule has 0 radical (unpaired) electrons. The number of thiophene rings is 1. The summed E-state index contributed by atoms with van der Waals surface area (Å²) >= 11 is 1.77. The third-order valence-electron chi connectivity index (χ3n) is 3.55. The molecule has 0 saturated carbocycles. The molecule has 2 rings (SSSR count). The van der Waals surface area contributed by atoms with Crippen LogP contribution in [-0.4, -0.2) is 6.04 Å². The largest absolute Gasteiger partial charge is 0.307 e. The lowest BCUT2D eigenvalue weighted by Gasteiger charge is -2.22. The molecule has 1 aromatic carbocycles. The van der Waals surface area contributed by atoms with Crippen molar-refractivity contribution >= 4 is 11.3 Å². The van der Waals surface area contributed by atoms with E-state index in [0.717, 1.165) is 6.42 Å². The van der Waals surface area contributed by atoms with Crippen molar-refractivity contribution in [3.05, 3.63) is 57.3 Å².